The summed E-state index contributed by atoms with van der Waals surface area (Å²) in [5.41, 5.74) is 2.00. The largest absolute Gasteiger partial charge is 0.327 e. The number of nitrogens with one attached hydrogen (secondary N) is 1. The zero-order valence-electron chi connectivity index (χ0n) is 14.7. The molecule has 1 aliphatic heterocycles. The Balaban J connectivity index is 1.56. The normalized spacial score (nSPS) is 14.5. The topological polar surface area (TPSA) is 52.6 Å². The lowest BCUT2D eigenvalue weighted by atomic mass is 10.1. The van der Waals surface area contributed by atoms with Crippen LogP contribution < -0.4 is 10.2 Å². The van der Waals surface area contributed by atoms with Crippen molar-refractivity contribution in [3.63, 3.8) is 0 Å². The molecule has 1 aliphatic rings. The minimum absolute atomic E-state index is 0.0158. The molecule has 1 N–H and O–H groups in total. The number of rotatable bonds is 5. The predicted octanol–water partition coefficient (Wildman–Crippen LogP) is 3.66. The quantitative estimate of drug-likeness (QED) is 0.890. The first-order valence-electron chi connectivity index (χ1n) is 8.70. The van der Waals surface area contributed by atoms with Crippen LogP contribution in [-0.2, 0) is 11.2 Å². The number of nitrogens with zero attached hydrogens (tertiary/aromatic N) is 2. The lowest BCUT2D eigenvalue weighted by Gasteiger charge is -2.33. The average molecular weight is 355 g/mol. The minimum atomic E-state index is -0.291. The fourth-order valence-corrected chi connectivity index (χ4v) is 3.00. The van der Waals surface area contributed by atoms with E-state index < -0.39 is 0 Å². The number of halogens is 1. The maximum absolute atomic E-state index is 13.6. The highest BCUT2D eigenvalue weighted by molar-refractivity contribution is 5.94. The number of anilines is 2. The molecule has 0 spiro atoms. The van der Waals surface area contributed by atoms with Crippen LogP contribution in [0.25, 0.3) is 0 Å². The summed E-state index contributed by atoms with van der Waals surface area (Å²) >= 11 is 0. The molecule has 0 aliphatic carbocycles. The highest BCUT2D eigenvalue weighted by Crippen LogP contribution is 2.22. The summed E-state index contributed by atoms with van der Waals surface area (Å²) in [4.78, 5) is 27.7. The third kappa shape index (κ3) is 4.20. The van der Waals surface area contributed by atoms with Crippen LogP contribution in [0.4, 0.5) is 20.6 Å². The molecule has 6 heteroatoms. The molecule has 1 heterocycles. The highest BCUT2D eigenvalue weighted by atomic mass is 19.1. The van der Waals surface area contributed by atoms with Crippen LogP contribution in [0.5, 0.6) is 0 Å². The second-order valence-electron chi connectivity index (χ2n) is 6.40. The van der Waals surface area contributed by atoms with Gasteiger partial charge in [0.05, 0.1) is 0 Å². The number of carbonyl (C=O) groups excluding carboxylic acids is 2. The molecule has 1 saturated heterocycles. The fraction of sp³-hybridized carbons (Fsp3) is 0.300. The molecule has 0 atom stereocenters. The van der Waals surface area contributed by atoms with E-state index in [1.54, 1.807) is 47.2 Å². The molecule has 0 radical (unpaired) electrons. The Bertz CT molecular complexity index is 792. The number of hydrogen-bond acceptors (Lipinski definition) is 2. The van der Waals surface area contributed by atoms with Gasteiger partial charge in [-0.1, -0.05) is 18.2 Å². The smallest absolute Gasteiger partial charge is 0.324 e. The Labute approximate surface area is 152 Å². The van der Waals surface area contributed by atoms with E-state index in [0.29, 0.717) is 24.2 Å². The number of amides is 3. The van der Waals surface area contributed by atoms with Crippen LogP contribution >= 0.6 is 0 Å². The van der Waals surface area contributed by atoms with Crippen molar-refractivity contribution < 1.29 is 14.0 Å². The third-order valence-corrected chi connectivity index (χ3v) is 4.47. The monoisotopic (exact) mass is 355 g/mol. The molecule has 3 amide bonds. The summed E-state index contributed by atoms with van der Waals surface area (Å²) in [5.74, 6) is -0.462. The molecule has 1 fully saturated rings. The molecular weight excluding hydrogens is 333 g/mol. The molecule has 0 unspecified atom stereocenters. The van der Waals surface area contributed by atoms with E-state index in [-0.39, 0.29) is 24.2 Å². The van der Waals surface area contributed by atoms with Gasteiger partial charge in [-0.3, -0.25) is 9.69 Å². The van der Waals surface area contributed by atoms with Crippen molar-refractivity contribution in [1.29, 1.82) is 0 Å². The second kappa shape index (κ2) is 7.99. The second-order valence-corrected chi connectivity index (χ2v) is 6.40. The number of benzene rings is 2. The Kier molecular flexibility index (Phi) is 5.51. The van der Waals surface area contributed by atoms with Gasteiger partial charge in [0.2, 0.25) is 5.91 Å². The molecule has 0 saturated carbocycles. The Morgan fingerprint density at radius 2 is 1.85 bits per heavy atom. The average Bonchev–Trinajstić information content (AvgIpc) is 2.64. The molecule has 0 aromatic heterocycles. The summed E-state index contributed by atoms with van der Waals surface area (Å²) in [6.45, 7) is 1.46. The molecule has 3 rings (SSSR count). The van der Waals surface area contributed by atoms with Gasteiger partial charge in [0.25, 0.3) is 0 Å². The number of urea groups is 1. The SMILES string of the molecule is CN1CCCN(c2ccc(NC(=O)CCc3ccccc3F)cc2)C1=O. The number of aryl methyl sites for hydroxylation is 1. The van der Waals surface area contributed by atoms with Gasteiger partial charge in [-0.15, -0.1) is 0 Å². The Morgan fingerprint density at radius 1 is 1.12 bits per heavy atom. The van der Waals surface area contributed by atoms with Gasteiger partial charge < -0.3 is 10.2 Å². The van der Waals surface area contributed by atoms with Gasteiger partial charge in [-0.05, 0) is 48.7 Å². The predicted molar refractivity (Wildman–Crippen MR) is 99.8 cm³/mol. The lowest BCUT2D eigenvalue weighted by molar-refractivity contribution is -0.116. The van der Waals surface area contributed by atoms with E-state index in [0.717, 1.165) is 18.7 Å². The first kappa shape index (κ1) is 17.9. The van der Waals surface area contributed by atoms with Crippen molar-refractivity contribution in [3.8, 4) is 0 Å². The van der Waals surface area contributed by atoms with Crippen molar-refractivity contribution in [2.45, 2.75) is 19.3 Å². The third-order valence-electron chi connectivity index (χ3n) is 4.47. The molecule has 5 nitrogen and oxygen atoms in total. The highest BCUT2D eigenvalue weighted by Gasteiger charge is 2.23. The zero-order valence-corrected chi connectivity index (χ0v) is 14.7. The molecule has 0 bridgehead atoms. The van der Waals surface area contributed by atoms with E-state index >= 15 is 0 Å². The maximum Gasteiger partial charge on any atom is 0.324 e. The van der Waals surface area contributed by atoms with E-state index in [9.17, 15) is 14.0 Å². The summed E-state index contributed by atoms with van der Waals surface area (Å²) in [6.07, 6.45) is 1.49. The van der Waals surface area contributed by atoms with Crippen LogP contribution in [0.2, 0.25) is 0 Å². The van der Waals surface area contributed by atoms with Gasteiger partial charge in [0.15, 0.2) is 0 Å². The van der Waals surface area contributed by atoms with E-state index in [4.69, 9.17) is 0 Å². The summed E-state index contributed by atoms with van der Waals surface area (Å²) < 4.78 is 13.6. The van der Waals surface area contributed by atoms with Crippen molar-refractivity contribution in [2.75, 3.05) is 30.4 Å². The van der Waals surface area contributed by atoms with Gasteiger partial charge in [-0.2, -0.15) is 0 Å². The molecule has 2 aromatic carbocycles. The van der Waals surface area contributed by atoms with Crippen molar-refractivity contribution in [3.05, 3.63) is 59.9 Å². The summed E-state index contributed by atoms with van der Waals surface area (Å²) in [6, 6.07) is 13.6. The van der Waals surface area contributed by atoms with Crippen LogP contribution in [0.3, 0.4) is 0 Å². The fourth-order valence-electron chi connectivity index (χ4n) is 3.00. The van der Waals surface area contributed by atoms with Gasteiger partial charge in [0, 0.05) is 37.9 Å². The van der Waals surface area contributed by atoms with Crippen molar-refractivity contribution in [1.82, 2.24) is 4.90 Å². The first-order valence-corrected chi connectivity index (χ1v) is 8.70. The zero-order chi connectivity index (χ0) is 18.5. The minimum Gasteiger partial charge on any atom is -0.327 e. The van der Waals surface area contributed by atoms with Crippen LogP contribution in [0, 0.1) is 5.82 Å². The van der Waals surface area contributed by atoms with E-state index in [2.05, 4.69) is 5.32 Å². The van der Waals surface area contributed by atoms with Gasteiger partial charge >= 0.3 is 6.03 Å². The van der Waals surface area contributed by atoms with Crippen LogP contribution in [0.15, 0.2) is 48.5 Å². The maximum atomic E-state index is 13.6. The Morgan fingerprint density at radius 3 is 2.58 bits per heavy atom. The number of carbonyl (C=O) groups is 2. The van der Waals surface area contributed by atoms with Crippen LogP contribution in [0.1, 0.15) is 18.4 Å². The van der Waals surface area contributed by atoms with E-state index in [1.165, 1.54) is 6.07 Å². The molecule has 2 aromatic rings. The Hall–Kier alpha value is -2.89. The molecule has 26 heavy (non-hydrogen) atoms. The van der Waals surface area contributed by atoms with E-state index in [1.807, 2.05) is 12.1 Å². The van der Waals surface area contributed by atoms with Crippen LogP contribution in [-0.4, -0.2) is 37.0 Å². The lowest BCUT2D eigenvalue weighted by Crippen LogP contribution is -2.47. The summed E-state index contributed by atoms with van der Waals surface area (Å²) in [7, 11) is 1.79. The molecule has 136 valence electrons. The standard InChI is InChI=1S/C20H22FN3O2/c1-23-13-4-14-24(20(23)26)17-10-8-16(9-11-17)22-19(25)12-7-15-5-2-3-6-18(15)21/h2-3,5-6,8-11H,4,7,12-14H2,1H3,(H,22,25). The van der Waals surface area contributed by atoms with Gasteiger partial charge in [-0.25, -0.2) is 9.18 Å². The van der Waals surface area contributed by atoms with Crippen molar-refractivity contribution in [2.24, 2.45) is 0 Å². The first-order chi connectivity index (χ1) is 12.5. The van der Waals surface area contributed by atoms with Crippen molar-refractivity contribution >= 4 is 23.3 Å². The molecular formula is C20H22FN3O2. The van der Waals surface area contributed by atoms with Gasteiger partial charge in [0.1, 0.15) is 5.82 Å². The summed E-state index contributed by atoms with van der Waals surface area (Å²) in [5, 5.41) is 2.81. The number of hydrogen-bond donors (Lipinski definition) is 1.